The highest BCUT2D eigenvalue weighted by Crippen LogP contribution is 2.42. The molecule has 1 aliphatic rings. The Morgan fingerprint density at radius 2 is 1.93 bits per heavy atom. The number of benzene rings is 2. The lowest BCUT2D eigenvalue weighted by Crippen LogP contribution is -2.31. The van der Waals surface area contributed by atoms with Crippen LogP contribution >= 0.6 is 35.0 Å². The SMILES string of the molecule is CCc1ccc(N2C(=O)C(Cc3cccc(Cl)c3Cl)S/C2=C(/C#N)C(=O)NC)cc1. The van der Waals surface area contributed by atoms with Crippen molar-refractivity contribution < 1.29 is 9.59 Å². The van der Waals surface area contributed by atoms with Crippen molar-refractivity contribution in [3.05, 3.63) is 74.2 Å². The van der Waals surface area contributed by atoms with Gasteiger partial charge in [-0.25, -0.2) is 0 Å². The fourth-order valence-electron chi connectivity index (χ4n) is 3.13. The van der Waals surface area contributed by atoms with E-state index in [-0.39, 0.29) is 11.5 Å². The second kappa shape index (κ2) is 9.57. The summed E-state index contributed by atoms with van der Waals surface area (Å²) in [6.07, 6.45) is 1.19. The molecule has 0 saturated carbocycles. The van der Waals surface area contributed by atoms with Gasteiger partial charge in [-0.05, 0) is 42.2 Å². The number of amides is 2. The highest BCUT2D eigenvalue weighted by Gasteiger charge is 2.41. The van der Waals surface area contributed by atoms with Gasteiger partial charge in [0.05, 0.1) is 15.3 Å². The van der Waals surface area contributed by atoms with Gasteiger partial charge in [0, 0.05) is 12.7 Å². The maximum Gasteiger partial charge on any atom is 0.264 e. The number of likely N-dealkylation sites (N-methyl/N-ethyl adjacent to an activating group) is 1. The van der Waals surface area contributed by atoms with Crippen LogP contribution in [0.2, 0.25) is 10.0 Å². The van der Waals surface area contributed by atoms with E-state index < -0.39 is 11.2 Å². The number of aryl methyl sites for hydroxylation is 1. The lowest BCUT2D eigenvalue weighted by Gasteiger charge is -2.19. The van der Waals surface area contributed by atoms with Crippen LogP contribution in [-0.2, 0) is 22.4 Å². The maximum absolute atomic E-state index is 13.4. The topological polar surface area (TPSA) is 73.2 Å². The molecule has 2 aromatic rings. The van der Waals surface area contributed by atoms with E-state index in [0.29, 0.717) is 27.2 Å². The molecule has 2 amide bonds. The van der Waals surface area contributed by atoms with Crippen molar-refractivity contribution in [1.82, 2.24) is 5.32 Å². The third-order valence-electron chi connectivity index (χ3n) is 4.77. The van der Waals surface area contributed by atoms with E-state index in [0.717, 1.165) is 17.5 Å². The Morgan fingerprint density at radius 1 is 1.23 bits per heavy atom. The monoisotopic (exact) mass is 459 g/mol. The molecule has 1 fully saturated rings. The van der Waals surface area contributed by atoms with Gasteiger partial charge in [-0.15, -0.1) is 0 Å². The molecule has 1 N–H and O–H groups in total. The number of anilines is 1. The molecule has 154 valence electrons. The normalized spacial score (nSPS) is 17.6. The lowest BCUT2D eigenvalue weighted by molar-refractivity contribution is -0.117. The molecule has 1 aliphatic heterocycles. The molecular weight excluding hydrogens is 441 g/mol. The minimum atomic E-state index is -0.546. The predicted molar refractivity (Wildman–Crippen MR) is 122 cm³/mol. The number of carbonyl (C=O) groups excluding carboxylic acids is 2. The van der Waals surface area contributed by atoms with Crippen molar-refractivity contribution in [2.75, 3.05) is 11.9 Å². The molecule has 2 aromatic carbocycles. The number of nitrogens with zero attached hydrogens (tertiary/aromatic N) is 2. The van der Waals surface area contributed by atoms with E-state index in [1.165, 1.54) is 23.7 Å². The molecule has 0 aliphatic carbocycles. The summed E-state index contributed by atoms with van der Waals surface area (Å²) in [5.41, 5.74) is 2.36. The average Bonchev–Trinajstić information content (AvgIpc) is 3.07. The van der Waals surface area contributed by atoms with Crippen LogP contribution in [0.25, 0.3) is 0 Å². The number of nitrogens with one attached hydrogen (secondary N) is 1. The van der Waals surface area contributed by atoms with Gasteiger partial charge in [-0.1, -0.05) is 66.2 Å². The first-order valence-corrected chi connectivity index (χ1v) is 10.9. The zero-order valence-electron chi connectivity index (χ0n) is 16.4. The van der Waals surface area contributed by atoms with Crippen molar-refractivity contribution in [3.8, 4) is 6.07 Å². The van der Waals surface area contributed by atoms with Gasteiger partial charge in [0.1, 0.15) is 16.7 Å². The van der Waals surface area contributed by atoms with E-state index in [1.807, 2.05) is 43.3 Å². The van der Waals surface area contributed by atoms with Crippen LogP contribution in [0, 0.1) is 11.3 Å². The van der Waals surface area contributed by atoms with E-state index in [2.05, 4.69) is 5.32 Å². The van der Waals surface area contributed by atoms with Gasteiger partial charge in [-0.3, -0.25) is 14.5 Å². The Bertz CT molecular complexity index is 1060. The number of nitriles is 1. The van der Waals surface area contributed by atoms with E-state index in [9.17, 15) is 14.9 Å². The Hall–Kier alpha value is -2.46. The highest BCUT2D eigenvalue weighted by atomic mass is 35.5. The molecule has 0 radical (unpaired) electrons. The second-order valence-electron chi connectivity index (χ2n) is 6.59. The van der Waals surface area contributed by atoms with Gasteiger partial charge < -0.3 is 5.32 Å². The number of halogens is 2. The van der Waals surface area contributed by atoms with Crippen LogP contribution in [0.5, 0.6) is 0 Å². The molecular formula is C22H19Cl2N3O2S. The summed E-state index contributed by atoms with van der Waals surface area (Å²) in [7, 11) is 1.45. The minimum Gasteiger partial charge on any atom is -0.354 e. The van der Waals surface area contributed by atoms with Crippen molar-refractivity contribution in [2.45, 2.75) is 25.0 Å². The van der Waals surface area contributed by atoms with Crippen molar-refractivity contribution >= 4 is 52.5 Å². The van der Waals surface area contributed by atoms with Crippen LogP contribution in [0.4, 0.5) is 5.69 Å². The van der Waals surface area contributed by atoms with Gasteiger partial charge in [0.15, 0.2) is 0 Å². The molecule has 1 heterocycles. The third-order valence-corrected chi connectivity index (χ3v) is 6.89. The zero-order chi connectivity index (χ0) is 21.8. The van der Waals surface area contributed by atoms with Crippen molar-refractivity contribution in [3.63, 3.8) is 0 Å². The van der Waals surface area contributed by atoms with Crippen molar-refractivity contribution in [1.29, 1.82) is 5.26 Å². The van der Waals surface area contributed by atoms with E-state index >= 15 is 0 Å². The molecule has 8 heteroatoms. The summed E-state index contributed by atoms with van der Waals surface area (Å²) in [5, 5.41) is 12.7. The van der Waals surface area contributed by atoms with Gasteiger partial charge in [-0.2, -0.15) is 5.26 Å². The maximum atomic E-state index is 13.4. The van der Waals surface area contributed by atoms with E-state index in [4.69, 9.17) is 23.2 Å². The summed E-state index contributed by atoms with van der Waals surface area (Å²) in [6, 6.07) is 14.7. The predicted octanol–water partition coefficient (Wildman–Crippen LogP) is 4.73. The first-order chi connectivity index (χ1) is 14.4. The molecule has 3 rings (SSSR count). The Labute approximate surface area is 189 Å². The summed E-state index contributed by atoms with van der Waals surface area (Å²) < 4.78 is 0. The van der Waals surface area contributed by atoms with Crippen LogP contribution in [-0.4, -0.2) is 24.1 Å². The summed E-state index contributed by atoms with van der Waals surface area (Å²) in [4.78, 5) is 27.1. The molecule has 30 heavy (non-hydrogen) atoms. The van der Waals surface area contributed by atoms with E-state index in [1.54, 1.807) is 12.1 Å². The Kier molecular flexibility index (Phi) is 7.09. The molecule has 0 bridgehead atoms. The molecule has 0 spiro atoms. The fraction of sp³-hybridized carbons (Fsp3) is 0.227. The van der Waals surface area contributed by atoms with Crippen molar-refractivity contribution in [2.24, 2.45) is 0 Å². The molecule has 0 aromatic heterocycles. The summed E-state index contributed by atoms with van der Waals surface area (Å²) >= 11 is 13.6. The number of hydrogen-bond donors (Lipinski definition) is 1. The second-order valence-corrected chi connectivity index (χ2v) is 8.56. The Morgan fingerprint density at radius 3 is 2.53 bits per heavy atom. The van der Waals surface area contributed by atoms with Gasteiger partial charge in [0.2, 0.25) is 5.91 Å². The minimum absolute atomic E-state index is 0.102. The van der Waals surface area contributed by atoms with Crippen LogP contribution in [0.1, 0.15) is 18.1 Å². The fourth-order valence-corrected chi connectivity index (χ4v) is 4.83. The molecule has 1 saturated heterocycles. The summed E-state index contributed by atoms with van der Waals surface area (Å²) in [6.45, 7) is 2.04. The summed E-state index contributed by atoms with van der Waals surface area (Å²) in [5.74, 6) is -0.753. The molecule has 1 atom stereocenters. The first-order valence-electron chi connectivity index (χ1n) is 9.30. The van der Waals surface area contributed by atoms with Gasteiger partial charge >= 0.3 is 0 Å². The third kappa shape index (κ3) is 4.34. The smallest absolute Gasteiger partial charge is 0.264 e. The van der Waals surface area contributed by atoms with Gasteiger partial charge in [0.25, 0.3) is 5.91 Å². The average molecular weight is 460 g/mol. The first kappa shape index (κ1) is 22.2. The number of carbonyl (C=O) groups is 2. The highest BCUT2D eigenvalue weighted by molar-refractivity contribution is 8.05. The van der Waals surface area contributed by atoms with Crippen LogP contribution in [0.15, 0.2) is 53.1 Å². The molecule has 5 nitrogen and oxygen atoms in total. The molecule has 1 unspecified atom stereocenters. The van der Waals surface area contributed by atoms with Crippen LogP contribution in [0.3, 0.4) is 0 Å². The lowest BCUT2D eigenvalue weighted by atomic mass is 10.1. The van der Waals surface area contributed by atoms with Crippen LogP contribution < -0.4 is 10.2 Å². The largest absolute Gasteiger partial charge is 0.354 e. The zero-order valence-corrected chi connectivity index (χ0v) is 18.7. The number of rotatable bonds is 5. The standard InChI is InChI=1S/C22H19Cl2N3O2S/c1-3-13-7-9-15(10-8-13)27-21(29)18(11-14-5-4-6-17(23)19(14)24)30-22(27)16(12-25)20(28)26-2/h4-10,18H,3,11H2,1-2H3,(H,26,28)/b22-16-. The number of hydrogen-bond acceptors (Lipinski definition) is 4. The Balaban J connectivity index is 2.06. The number of thioether (sulfide) groups is 1. The quantitative estimate of drug-likeness (QED) is 0.517.